The Labute approximate surface area is 146 Å². The number of aryl methyl sites for hydroxylation is 1. The van der Waals surface area contributed by atoms with Crippen molar-refractivity contribution in [2.24, 2.45) is 5.92 Å². The molecule has 1 aromatic heterocycles. The Hall–Kier alpha value is -1.92. The van der Waals surface area contributed by atoms with E-state index in [-0.39, 0.29) is 17.6 Å². The predicted octanol–water partition coefficient (Wildman–Crippen LogP) is 2.61. The van der Waals surface area contributed by atoms with E-state index < -0.39 is 0 Å². The monoisotopic (exact) mass is 348 g/mol. The van der Waals surface area contributed by atoms with Crippen molar-refractivity contribution in [2.45, 2.75) is 18.8 Å². The van der Waals surface area contributed by atoms with Crippen molar-refractivity contribution in [3.63, 3.8) is 0 Å². The number of fused-ring (bicyclic) bond motifs is 1. The van der Waals surface area contributed by atoms with Gasteiger partial charge in [-0.25, -0.2) is 0 Å². The van der Waals surface area contributed by atoms with Gasteiger partial charge in [-0.2, -0.15) is 0 Å². The molecule has 0 saturated carbocycles. The number of aromatic nitrogens is 2. The number of hydrogen-bond donors (Lipinski definition) is 1. The van der Waals surface area contributed by atoms with Gasteiger partial charge in [0.25, 0.3) is 0 Å². The van der Waals surface area contributed by atoms with Crippen LogP contribution in [0, 0.1) is 5.92 Å². The molecule has 128 valence electrons. The number of halogens is 1. The summed E-state index contributed by atoms with van der Waals surface area (Å²) in [6.07, 6.45) is 2.47. The summed E-state index contributed by atoms with van der Waals surface area (Å²) in [6, 6.07) is 5.70. The minimum absolute atomic E-state index is 0.168. The molecule has 2 aromatic rings. The van der Waals surface area contributed by atoms with Gasteiger partial charge in [-0.05, 0) is 37.9 Å². The van der Waals surface area contributed by atoms with Gasteiger partial charge >= 0.3 is 0 Å². The highest BCUT2D eigenvalue weighted by Gasteiger charge is 2.35. The molecule has 0 spiro atoms. The number of rotatable bonds is 6. The minimum Gasteiger partial charge on any atom is -0.384 e. The smallest absolute Gasteiger partial charge is 0.157 e. The molecule has 2 heterocycles. The molecule has 2 atom stereocenters. The number of benzene rings is 1. The third-order valence-electron chi connectivity index (χ3n) is 4.35. The molecule has 6 nitrogen and oxygen atoms in total. The average Bonchev–Trinajstić information content (AvgIpc) is 3.05. The van der Waals surface area contributed by atoms with Gasteiger partial charge in [0.2, 0.25) is 0 Å². The Morgan fingerprint density at radius 2 is 2.29 bits per heavy atom. The summed E-state index contributed by atoms with van der Waals surface area (Å²) in [4.78, 5) is 15.1. The van der Waals surface area contributed by atoms with E-state index in [0.717, 1.165) is 24.3 Å². The van der Waals surface area contributed by atoms with Gasteiger partial charge in [-0.1, -0.05) is 11.6 Å². The molecule has 0 radical (unpaired) electrons. The molecule has 3 rings (SSSR count). The topological polar surface area (TPSA) is 71.3 Å². The van der Waals surface area contributed by atoms with Crippen molar-refractivity contribution >= 4 is 23.1 Å². The maximum absolute atomic E-state index is 13.0. The molecule has 1 aromatic carbocycles. The summed E-state index contributed by atoms with van der Waals surface area (Å²) >= 11 is 6.18. The first-order valence-corrected chi connectivity index (χ1v) is 8.39. The van der Waals surface area contributed by atoms with Crippen LogP contribution in [0.15, 0.2) is 28.9 Å². The summed E-state index contributed by atoms with van der Waals surface area (Å²) < 4.78 is 5.00. The zero-order valence-corrected chi connectivity index (χ0v) is 14.6. The Morgan fingerprint density at radius 1 is 1.46 bits per heavy atom. The average molecular weight is 349 g/mol. The fraction of sp³-hybridized carbons (Fsp3) is 0.471. The van der Waals surface area contributed by atoms with Crippen molar-refractivity contribution in [3.05, 3.63) is 40.7 Å². The number of ketones is 1. The third kappa shape index (κ3) is 3.76. The summed E-state index contributed by atoms with van der Waals surface area (Å²) in [5, 5.41) is 11.2. The van der Waals surface area contributed by atoms with Crippen LogP contribution >= 0.6 is 11.6 Å². The Morgan fingerprint density at radius 3 is 3.00 bits per heavy atom. The van der Waals surface area contributed by atoms with E-state index in [1.54, 1.807) is 6.20 Å². The number of nitrogens with zero attached hydrogens (tertiary/aromatic N) is 3. The highest BCUT2D eigenvalue weighted by Crippen LogP contribution is 2.38. The van der Waals surface area contributed by atoms with Crippen molar-refractivity contribution in [3.8, 4) is 0 Å². The van der Waals surface area contributed by atoms with Crippen LogP contribution in [0.2, 0.25) is 5.02 Å². The Bertz CT molecular complexity index is 703. The van der Waals surface area contributed by atoms with Crippen LogP contribution in [0.3, 0.4) is 0 Å². The second kappa shape index (κ2) is 7.32. The number of Topliss-reactive ketones (excluding diaryl/α,β-unsaturated/α-hetero) is 1. The van der Waals surface area contributed by atoms with Gasteiger partial charge in [-0.15, -0.1) is 5.10 Å². The van der Waals surface area contributed by atoms with E-state index in [9.17, 15) is 4.79 Å². The predicted molar refractivity (Wildman–Crippen MR) is 92.4 cm³/mol. The first-order valence-electron chi connectivity index (χ1n) is 8.01. The van der Waals surface area contributed by atoms with Crippen molar-refractivity contribution in [1.29, 1.82) is 0 Å². The van der Waals surface area contributed by atoms with Gasteiger partial charge in [0.05, 0.1) is 12.1 Å². The molecular weight excluding hydrogens is 328 g/mol. The lowest BCUT2D eigenvalue weighted by Gasteiger charge is -2.35. The van der Waals surface area contributed by atoms with E-state index in [1.807, 2.05) is 32.3 Å². The second-order valence-corrected chi connectivity index (χ2v) is 6.90. The highest BCUT2D eigenvalue weighted by molar-refractivity contribution is 6.30. The molecule has 0 amide bonds. The Kier molecular flexibility index (Phi) is 5.16. The molecule has 2 unspecified atom stereocenters. The number of nitrogens with one attached hydrogen (secondary N) is 1. The minimum atomic E-state index is -0.168. The standard InChI is InChI=1S/C17H21ClN4O2/c1-22(2)10-11-8-19-15-5-3-12(18)7-14(15)17(11)16(23)6-4-13-9-20-21-24-13/h3,5,7,9,11,17,19H,4,6,8,10H2,1-2H3. The number of carbonyl (C=O) groups is 1. The van der Waals surface area contributed by atoms with Crippen LogP contribution in [0.1, 0.15) is 23.7 Å². The molecular formula is C17H21ClN4O2. The van der Waals surface area contributed by atoms with Crippen LogP contribution in [-0.4, -0.2) is 48.2 Å². The summed E-state index contributed by atoms with van der Waals surface area (Å²) in [7, 11) is 4.05. The van der Waals surface area contributed by atoms with Gasteiger partial charge < -0.3 is 14.7 Å². The van der Waals surface area contributed by atoms with E-state index in [1.165, 1.54) is 0 Å². The molecule has 7 heteroatoms. The van der Waals surface area contributed by atoms with E-state index in [2.05, 4.69) is 20.6 Å². The molecule has 1 aliphatic heterocycles. The zero-order valence-electron chi connectivity index (χ0n) is 13.8. The first-order chi connectivity index (χ1) is 11.5. The van der Waals surface area contributed by atoms with Gasteiger partial charge in [0, 0.05) is 47.8 Å². The normalized spacial score (nSPS) is 19.8. The summed E-state index contributed by atoms with van der Waals surface area (Å²) in [5.74, 6) is 0.862. The third-order valence-corrected chi connectivity index (χ3v) is 4.58. The molecule has 0 saturated heterocycles. The molecule has 1 N–H and O–H groups in total. The fourth-order valence-electron chi connectivity index (χ4n) is 3.34. The largest absolute Gasteiger partial charge is 0.384 e. The van der Waals surface area contributed by atoms with Crippen LogP contribution in [0.4, 0.5) is 5.69 Å². The van der Waals surface area contributed by atoms with Gasteiger partial charge in [0.1, 0.15) is 5.78 Å². The lowest BCUT2D eigenvalue weighted by Crippen LogP contribution is -2.38. The first kappa shape index (κ1) is 16.9. The highest BCUT2D eigenvalue weighted by atomic mass is 35.5. The summed E-state index contributed by atoms with van der Waals surface area (Å²) in [5.41, 5.74) is 1.98. The molecule has 1 aliphatic rings. The Balaban J connectivity index is 1.84. The molecule has 0 fully saturated rings. The van der Waals surface area contributed by atoms with E-state index in [4.69, 9.17) is 16.1 Å². The maximum Gasteiger partial charge on any atom is 0.157 e. The van der Waals surface area contributed by atoms with Crippen LogP contribution in [0.5, 0.6) is 0 Å². The number of anilines is 1. The number of hydrogen-bond acceptors (Lipinski definition) is 6. The SMILES string of the molecule is CN(C)CC1CNc2ccc(Cl)cc2C1C(=O)CCc1cnno1. The number of carbonyl (C=O) groups excluding carboxylic acids is 1. The molecule has 24 heavy (non-hydrogen) atoms. The van der Waals surface area contributed by atoms with Gasteiger partial charge in [-0.3, -0.25) is 4.79 Å². The van der Waals surface area contributed by atoms with E-state index in [0.29, 0.717) is 23.6 Å². The fourth-order valence-corrected chi connectivity index (χ4v) is 3.52. The second-order valence-electron chi connectivity index (χ2n) is 6.46. The van der Waals surface area contributed by atoms with Crippen LogP contribution in [-0.2, 0) is 11.2 Å². The lowest BCUT2D eigenvalue weighted by molar-refractivity contribution is -0.121. The van der Waals surface area contributed by atoms with Crippen LogP contribution < -0.4 is 5.32 Å². The molecule has 0 aliphatic carbocycles. The van der Waals surface area contributed by atoms with Crippen molar-refractivity contribution < 1.29 is 9.32 Å². The lowest BCUT2D eigenvalue weighted by atomic mass is 9.78. The zero-order chi connectivity index (χ0) is 17.1. The summed E-state index contributed by atoms with van der Waals surface area (Å²) in [6.45, 7) is 1.60. The van der Waals surface area contributed by atoms with Crippen molar-refractivity contribution in [1.82, 2.24) is 15.3 Å². The van der Waals surface area contributed by atoms with E-state index >= 15 is 0 Å². The molecule has 0 bridgehead atoms. The van der Waals surface area contributed by atoms with Crippen LogP contribution in [0.25, 0.3) is 0 Å². The quantitative estimate of drug-likeness (QED) is 0.865. The van der Waals surface area contributed by atoms with Crippen molar-refractivity contribution in [2.75, 3.05) is 32.5 Å². The van der Waals surface area contributed by atoms with Gasteiger partial charge in [0.15, 0.2) is 5.76 Å². The maximum atomic E-state index is 13.0.